The molecule has 3 rings (SSSR count). The highest BCUT2D eigenvalue weighted by Gasteiger charge is 2.27. The van der Waals surface area contributed by atoms with Crippen molar-refractivity contribution in [2.24, 2.45) is 0 Å². The summed E-state index contributed by atoms with van der Waals surface area (Å²) in [4.78, 5) is 12.7. The van der Waals surface area contributed by atoms with Crippen molar-refractivity contribution in [3.63, 3.8) is 0 Å². The Labute approximate surface area is 124 Å². The molecule has 1 aliphatic heterocycles. The second-order valence-electron chi connectivity index (χ2n) is 5.31. The van der Waals surface area contributed by atoms with Gasteiger partial charge in [0.05, 0.1) is 0 Å². The fraction of sp³-hybridized carbons (Fsp3) is 0.278. The van der Waals surface area contributed by atoms with Gasteiger partial charge in [0.25, 0.3) is 0 Å². The van der Waals surface area contributed by atoms with Gasteiger partial charge in [-0.3, -0.25) is 4.79 Å². The van der Waals surface area contributed by atoms with Crippen LogP contribution in [-0.2, 0) is 9.53 Å². The molecule has 1 fully saturated rings. The van der Waals surface area contributed by atoms with Gasteiger partial charge in [0.1, 0.15) is 12.0 Å². The molecule has 3 heteroatoms. The lowest BCUT2D eigenvalue weighted by molar-refractivity contribution is -0.148. The Morgan fingerprint density at radius 1 is 1.00 bits per heavy atom. The standard InChI is InChI=1S/C18H19NO2/c20-18(21-16-11-12-19-13-16)17(14-7-3-1-4-8-14)15-9-5-2-6-10-15/h1-10,16-17,19H,11-13H2. The lowest BCUT2D eigenvalue weighted by Crippen LogP contribution is -2.25. The van der Waals surface area contributed by atoms with Gasteiger partial charge in [0, 0.05) is 6.54 Å². The van der Waals surface area contributed by atoms with Crippen molar-refractivity contribution in [1.29, 1.82) is 0 Å². The number of hydrogen-bond donors (Lipinski definition) is 1. The number of nitrogens with one attached hydrogen (secondary N) is 1. The Hall–Kier alpha value is -2.13. The average Bonchev–Trinajstić information content (AvgIpc) is 3.02. The number of hydrogen-bond acceptors (Lipinski definition) is 3. The molecule has 1 aliphatic rings. The maximum absolute atomic E-state index is 12.7. The molecular formula is C18H19NO2. The van der Waals surface area contributed by atoms with Crippen LogP contribution in [0.3, 0.4) is 0 Å². The third kappa shape index (κ3) is 3.31. The van der Waals surface area contributed by atoms with E-state index in [1.54, 1.807) is 0 Å². The molecule has 0 spiro atoms. The number of ether oxygens (including phenoxy) is 1. The van der Waals surface area contributed by atoms with Crippen molar-refractivity contribution in [3.05, 3.63) is 71.8 Å². The molecule has 1 saturated heterocycles. The summed E-state index contributed by atoms with van der Waals surface area (Å²) in [7, 11) is 0. The average molecular weight is 281 g/mol. The van der Waals surface area contributed by atoms with Gasteiger partial charge in [0.15, 0.2) is 0 Å². The molecule has 2 aromatic rings. The van der Waals surface area contributed by atoms with E-state index < -0.39 is 0 Å². The first-order chi connectivity index (χ1) is 10.3. The summed E-state index contributed by atoms with van der Waals surface area (Å²) in [6.45, 7) is 1.67. The summed E-state index contributed by atoms with van der Waals surface area (Å²) >= 11 is 0. The lowest BCUT2D eigenvalue weighted by atomic mass is 9.91. The Kier molecular flexibility index (Phi) is 4.31. The molecular weight excluding hydrogens is 262 g/mol. The van der Waals surface area contributed by atoms with Crippen molar-refractivity contribution in [3.8, 4) is 0 Å². The van der Waals surface area contributed by atoms with Crippen LogP contribution < -0.4 is 5.32 Å². The largest absolute Gasteiger partial charge is 0.460 e. The van der Waals surface area contributed by atoms with Crippen LogP contribution >= 0.6 is 0 Å². The highest BCUT2D eigenvalue weighted by atomic mass is 16.5. The molecule has 2 aromatic carbocycles. The molecule has 1 heterocycles. The van der Waals surface area contributed by atoms with Gasteiger partial charge in [-0.05, 0) is 24.1 Å². The predicted molar refractivity (Wildman–Crippen MR) is 82.1 cm³/mol. The lowest BCUT2D eigenvalue weighted by Gasteiger charge is -2.19. The van der Waals surface area contributed by atoms with Gasteiger partial charge < -0.3 is 10.1 Å². The van der Waals surface area contributed by atoms with Crippen LogP contribution in [0.1, 0.15) is 23.5 Å². The summed E-state index contributed by atoms with van der Waals surface area (Å²) in [6.07, 6.45) is 0.884. The van der Waals surface area contributed by atoms with E-state index in [0.717, 1.165) is 30.6 Å². The number of rotatable bonds is 4. The molecule has 0 radical (unpaired) electrons. The Morgan fingerprint density at radius 2 is 1.57 bits per heavy atom. The van der Waals surface area contributed by atoms with Crippen LogP contribution in [0.5, 0.6) is 0 Å². The number of benzene rings is 2. The quantitative estimate of drug-likeness (QED) is 0.876. The molecule has 1 atom stereocenters. The fourth-order valence-electron chi connectivity index (χ4n) is 2.72. The van der Waals surface area contributed by atoms with Gasteiger partial charge in [-0.1, -0.05) is 60.7 Å². The minimum Gasteiger partial charge on any atom is -0.460 e. The van der Waals surface area contributed by atoms with Gasteiger partial charge >= 0.3 is 5.97 Å². The summed E-state index contributed by atoms with van der Waals surface area (Å²) in [6, 6.07) is 19.6. The van der Waals surface area contributed by atoms with Crippen molar-refractivity contribution in [2.45, 2.75) is 18.4 Å². The summed E-state index contributed by atoms with van der Waals surface area (Å²) < 4.78 is 5.68. The molecule has 1 unspecified atom stereocenters. The van der Waals surface area contributed by atoms with E-state index in [-0.39, 0.29) is 18.0 Å². The van der Waals surface area contributed by atoms with Gasteiger partial charge in [-0.15, -0.1) is 0 Å². The van der Waals surface area contributed by atoms with E-state index in [1.165, 1.54) is 0 Å². The first kappa shape index (κ1) is 13.8. The van der Waals surface area contributed by atoms with E-state index in [2.05, 4.69) is 5.32 Å². The van der Waals surface area contributed by atoms with E-state index >= 15 is 0 Å². The first-order valence-electron chi connectivity index (χ1n) is 7.35. The Balaban J connectivity index is 1.87. The molecule has 21 heavy (non-hydrogen) atoms. The zero-order valence-corrected chi connectivity index (χ0v) is 11.9. The topological polar surface area (TPSA) is 38.3 Å². The SMILES string of the molecule is O=C(OC1CCNC1)C(c1ccccc1)c1ccccc1. The van der Waals surface area contributed by atoms with Crippen molar-refractivity contribution < 1.29 is 9.53 Å². The summed E-state index contributed by atoms with van der Waals surface area (Å²) in [5, 5.41) is 3.22. The predicted octanol–water partition coefficient (Wildman–Crippen LogP) is 2.72. The normalized spacial score (nSPS) is 17.9. The minimum atomic E-state index is -0.354. The monoisotopic (exact) mass is 281 g/mol. The van der Waals surface area contributed by atoms with Crippen LogP contribution in [0.25, 0.3) is 0 Å². The van der Waals surface area contributed by atoms with E-state index in [1.807, 2.05) is 60.7 Å². The molecule has 0 aliphatic carbocycles. The molecule has 3 nitrogen and oxygen atoms in total. The van der Waals surface area contributed by atoms with Crippen LogP contribution in [-0.4, -0.2) is 25.2 Å². The Bertz CT molecular complexity index is 537. The van der Waals surface area contributed by atoms with E-state index in [4.69, 9.17) is 4.74 Å². The molecule has 108 valence electrons. The second kappa shape index (κ2) is 6.55. The third-order valence-corrected chi connectivity index (χ3v) is 3.80. The molecule has 0 aromatic heterocycles. The molecule has 1 N–H and O–H groups in total. The van der Waals surface area contributed by atoms with Crippen molar-refractivity contribution in [1.82, 2.24) is 5.32 Å². The van der Waals surface area contributed by atoms with E-state index in [0.29, 0.717) is 0 Å². The van der Waals surface area contributed by atoms with Gasteiger partial charge in [0.2, 0.25) is 0 Å². The highest BCUT2D eigenvalue weighted by Crippen LogP contribution is 2.26. The zero-order valence-electron chi connectivity index (χ0n) is 11.9. The summed E-state index contributed by atoms with van der Waals surface area (Å²) in [5.41, 5.74) is 1.94. The third-order valence-electron chi connectivity index (χ3n) is 3.80. The minimum absolute atomic E-state index is 0.00701. The van der Waals surface area contributed by atoms with Crippen molar-refractivity contribution in [2.75, 3.05) is 13.1 Å². The van der Waals surface area contributed by atoms with Crippen LogP contribution in [0, 0.1) is 0 Å². The fourth-order valence-corrected chi connectivity index (χ4v) is 2.72. The zero-order chi connectivity index (χ0) is 14.5. The number of esters is 1. The molecule has 0 amide bonds. The van der Waals surface area contributed by atoms with E-state index in [9.17, 15) is 4.79 Å². The smallest absolute Gasteiger partial charge is 0.318 e. The Morgan fingerprint density at radius 3 is 2.05 bits per heavy atom. The van der Waals surface area contributed by atoms with Crippen molar-refractivity contribution >= 4 is 5.97 Å². The molecule has 0 saturated carbocycles. The van der Waals surface area contributed by atoms with Gasteiger partial charge in [-0.25, -0.2) is 0 Å². The van der Waals surface area contributed by atoms with Crippen LogP contribution in [0.15, 0.2) is 60.7 Å². The molecule has 0 bridgehead atoms. The number of carbonyl (C=O) groups excluding carboxylic acids is 1. The van der Waals surface area contributed by atoms with Crippen LogP contribution in [0.4, 0.5) is 0 Å². The highest BCUT2D eigenvalue weighted by molar-refractivity contribution is 5.82. The van der Waals surface area contributed by atoms with Gasteiger partial charge in [-0.2, -0.15) is 0 Å². The second-order valence-corrected chi connectivity index (χ2v) is 5.31. The number of carbonyl (C=O) groups is 1. The maximum Gasteiger partial charge on any atom is 0.318 e. The summed E-state index contributed by atoms with van der Waals surface area (Å²) in [5.74, 6) is -0.519. The van der Waals surface area contributed by atoms with Crippen LogP contribution in [0.2, 0.25) is 0 Å². The maximum atomic E-state index is 12.7. The first-order valence-corrected chi connectivity index (χ1v) is 7.35.